The van der Waals surface area contributed by atoms with Gasteiger partial charge in [-0.2, -0.15) is 0 Å². The zero-order valence-corrected chi connectivity index (χ0v) is 11.7. The maximum Gasteiger partial charge on any atom is 0.326 e. The van der Waals surface area contributed by atoms with E-state index in [1.165, 1.54) is 6.07 Å². The van der Waals surface area contributed by atoms with Crippen LogP contribution in [0.1, 0.15) is 12.0 Å². The van der Waals surface area contributed by atoms with E-state index in [0.29, 0.717) is 15.6 Å². The molecule has 8 heteroatoms. The van der Waals surface area contributed by atoms with Crippen LogP contribution in [-0.2, 0) is 20.8 Å². The number of nitrogens with one attached hydrogen (secondary N) is 1. The van der Waals surface area contributed by atoms with Crippen LogP contribution in [0.15, 0.2) is 18.2 Å². The minimum Gasteiger partial charge on any atom is -0.480 e. The number of primary amides is 1. The van der Waals surface area contributed by atoms with Crippen molar-refractivity contribution in [2.75, 3.05) is 0 Å². The van der Waals surface area contributed by atoms with E-state index in [-0.39, 0.29) is 6.42 Å². The van der Waals surface area contributed by atoms with Gasteiger partial charge in [-0.05, 0) is 17.7 Å². The van der Waals surface area contributed by atoms with Crippen molar-refractivity contribution in [1.82, 2.24) is 5.32 Å². The summed E-state index contributed by atoms with van der Waals surface area (Å²) in [6.45, 7) is 0. The summed E-state index contributed by atoms with van der Waals surface area (Å²) in [5, 5.41) is 11.8. The van der Waals surface area contributed by atoms with E-state index in [0.717, 1.165) is 0 Å². The van der Waals surface area contributed by atoms with Crippen molar-refractivity contribution in [3.8, 4) is 0 Å². The molecule has 0 radical (unpaired) electrons. The molecule has 0 aromatic heterocycles. The summed E-state index contributed by atoms with van der Waals surface area (Å²) < 4.78 is 0. The van der Waals surface area contributed by atoms with Crippen LogP contribution in [0.4, 0.5) is 0 Å². The fourth-order valence-electron chi connectivity index (χ4n) is 1.48. The van der Waals surface area contributed by atoms with Crippen LogP contribution < -0.4 is 11.1 Å². The van der Waals surface area contributed by atoms with Crippen molar-refractivity contribution in [2.45, 2.75) is 18.9 Å². The number of hydrogen-bond donors (Lipinski definition) is 3. The van der Waals surface area contributed by atoms with Gasteiger partial charge in [-0.3, -0.25) is 9.59 Å². The number of carbonyl (C=O) groups excluding carboxylic acids is 2. The van der Waals surface area contributed by atoms with Gasteiger partial charge in [0, 0.05) is 10.0 Å². The average Bonchev–Trinajstić information content (AvgIpc) is 2.31. The van der Waals surface area contributed by atoms with Crippen molar-refractivity contribution in [1.29, 1.82) is 0 Å². The van der Waals surface area contributed by atoms with Gasteiger partial charge in [-0.15, -0.1) is 0 Å². The van der Waals surface area contributed by atoms with Gasteiger partial charge in [0.1, 0.15) is 6.04 Å². The molecular weight excluding hydrogens is 307 g/mol. The molecule has 1 atom stereocenters. The summed E-state index contributed by atoms with van der Waals surface area (Å²) in [5.41, 5.74) is 5.41. The van der Waals surface area contributed by atoms with Crippen LogP contribution in [0, 0.1) is 0 Å². The molecule has 0 fully saturated rings. The highest BCUT2D eigenvalue weighted by Crippen LogP contribution is 2.21. The van der Waals surface area contributed by atoms with E-state index in [1.54, 1.807) is 12.1 Å². The first-order valence-corrected chi connectivity index (χ1v) is 6.29. The second kappa shape index (κ2) is 7.12. The molecule has 0 aliphatic carbocycles. The Labute approximate surface area is 124 Å². The zero-order chi connectivity index (χ0) is 15.3. The molecule has 4 N–H and O–H groups in total. The Morgan fingerprint density at radius 3 is 2.45 bits per heavy atom. The van der Waals surface area contributed by atoms with Crippen LogP contribution in [0.25, 0.3) is 0 Å². The number of carboxylic acid groups (broad SMARTS) is 1. The minimum atomic E-state index is -1.36. The van der Waals surface area contributed by atoms with E-state index in [2.05, 4.69) is 5.32 Å². The topological polar surface area (TPSA) is 109 Å². The maximum atomic E-state index is 11.7. The van der Waals surface area contributed by atoms with Gasteiger partial charge in [-0.1, -0.05) is 29.3 Å². The third-order valence-electron chi connectivity index (χ3n) is 2.40. The Hall–Kier alpha value is -1.79. The highest BCUT2D eigenvalue weighted by atomic mass is 35.5. The lowest BCUT2D eigenvalue weighted by Crippen LogP contribution is -2.43. The molecule has 108 valence electrons. The number of carboxylic acids is 1. The molecule has 0 saturated carbocycles. The molecule has 0 heterocycles. The summed E-state index contributed by atoms with van der Waals surface area (Å²) in [7, 11) is 0. The van der Waals surface area contributed by atoms with Crippen molar-refractivity contribution in [3.63, 3.8) is 0 Å². The van der Waals surface area contributed by atoms with Gasteiger partial charge < -0.3 is 16.2 Å². The smallest absolute Gasteiger partial charge is 0.326 e. The van der Waals surface area contributed by atoms with Gasteiger partial charge in [0.15, 0.2) is 0 Å². The van der Waals surface area contributed by atoms with Crippen LogP contribution in [-0.4, -0.2) is 28.9 Å². The summed E-state index contributed by atoms with van der Waals surface area (Å²) >= 11 is 11.6. The third kappa shape index (κ3) is 5.07. The maximum absolute atomic E-state index is 11.7. The summed E-state index contributed by atoms with van der Waals surface area (Å²) in [4.78, 5) is 33.3. The first kappa shape index (κ1) is 16.3. The van der Waals surface area contributed by atoms with Gasteiger partial charge >= 0.3 is 5.97 Å². The van der Waals surface area contributed by atoms with E-state index < -0.39 is 30.2 Å². The predicted molar refractivity (Wildman–Crippen MR) is 73.5 cm³/mol. The normalized spacial score (nSPS) is 11.7. The molecule has 1 rings (SSSR count). The summed E-state index contributed by atoms with van der Waals surface area (Å²) in [6.07, 6.45) is -0.603. The molecular formula is C12H12Cl2N2O4. The molecule has 0 spiro atoms. The van der Waals surface area contributed by atoms with Gasteiger partial charge in [0.05, 0.1) is 12.8 Å². The highest BCUT2D eigenvalue weighted by molar-refractivity contribution is 6.35. The average molecular weight is 319 g/mol. The molecule has 0 aliphatic heterocycles. The number of benzene rings is 1. The number of halogens is 2. The largest absolute Gasteiger partial charge is 0.480 e. The lowest BCUT2D eigenvalue weighted by molar-refractivity contribution is -0.143. The SMILES string of the molecule is NC(=O)C[C@H](NC(=O)Cc1ccc(Cl)cc1Cl)C(=O)O. The number of nitrogens with two attached hydrogens (primary N) is 1. The van der Waals surface area contributed by atoms with Gasteiger partial charge in [0.25, 0.3) is 0 Å². The van der Waals surface area contributed by atoms with Crippen LogP contribution in [0.3, 0.4) is 0 Å². The summed E-state index contributed by atoms with van der Waals surface area (Å²) in [5.74, 6) is -2.73. The molecule has 0 bridgehead atoms. The van der Waals surface area contributed by atoms with Crippen LogP contribution in [0.5, 0.6) is 0 Å². The fraction of sp³-hybridized carbons (Fsp3) is 0.250. The number of aliphatic carboxylic acids is 1. The molecule has 20 heavy (non-hydrogen) atoms. The van der Waals surface area contributed by atoms with Crippen molar-refractivity contribution in [2.24, 2.45) is 5.73 Å². The van der Waals surface area contributed by atoms with Crippen LogP contribution in [0.2, 0.25) is 10.0 Å². The molecule has 1 aromatic rings. The molecule has 2 amide bonds. The minimum absolute atomic E-state index is 0.126. The van der Waals surface area contributed by atoms with E-state index >= 15 is 0 Å². The molecule has 0 unspecified atom stereocenters. The quantitative estimate of drug-likeness (QED) is 0.726. The first-order valence-electron chi connectivity index (χ1n) is 5.54. The molecule has 0 saturated heterocycles. The number of amides is 2. The Morgan fingerprint density at radius 2 is 1.95 bits per heavy atom. The standard InChI is InChI=1S/C12H12Cl2N2O4/c13-7-2-1-6(8(14)4-7)3-11(18)16-9(12(19)20)5-10(15)17/h1-2,4,9H,3,5H2,(H2,15,17)(H,16,18)(H,19,20)/t9-/m0/s1. The number of hydrogen-bond acceptors (Lipinski definition) is 3. The number of rotatable bonds is 6. The molecule has 1 aromatic carbocycles. The third-order valence-corrected chi connectivity index (χ3v) is 2.99. The van der Waals surface area contributed by atoms with E-state index in [4.69, 9.17) is 34.0 Å². The second-order valence-corrected chi connectivity index (χ2v) is 4.88. The summed E-state index contributed by atoms with van der Waals surface area (Å²) in [6, 6.07) is 3.25. The Balaban J connectivity index is 2.70. The first-order chi connectivity index (χ1) is 9.29. The predicted octanol–water partition coefficient (Wildman–Crippen LogP) is 0.981. The number of carbonyl (C=O) groups is 3. The molecule has 0 aliphatic rings. The Kier molecular flexibility index (Phi) is 5.79. The van der Waals surface area contributed by atoms with E-state index in [9.17, 15) is 14.4 Å². The lowest BCUT2D eigenvalue weighted by Gasteiger charge is -2.13. The van der Waals surface area contributed by atoms with Crippen LogP contribution >= 0.6 is 23.2 Å². The Morgan fingerprint density at radius 1 is 1.30 bits per heavy atom. The van der Waals surface area contributed by atoms with E-state index in [1.807, 2.05) is 0 Å². The van der Waals surface area contributed by atoms with Gasteiger partial charge in [0.2, 0.25) is 11.8 Å². The monoisotopic (exact) mass is 318 g/mol. The van der Waals surface area contributed by atoms with Crippen molar-refractivity contribution >= 4 is 41.0 Å². The fourth-order valence-corrected chi connectivity index (χ4v) is 1.96. The van der Waals surface area contributed by atoms with Crippen molar-refractivity contribution < 1.29 is 19.5 Å². The molecule has 6 nitrogen and oxygen atoms in total. The lowest BCUT2D eigenvalue weighted by atomic mass is 10.1. The second-order valence-electron chi connectivity index (χ2n) is 4.04. The Bertz CT molecular complexity index is 548. The van der Waals surface area contributed by atoms with Gasteiger partial charge in [-0.25, -0.2) is 4.79 Å². The van der Waals surface area contributed by atoms with Crippen molar-refractivity contribution in [3.05, 3.63) is 33.8 Å². The zero-order valence-electron chi connectivity index (χ0n) is 10.2. The highest BCUT2D eigenvalue weighted by Gasteiger charge is 2.22.